The van der Waals surface area contributed by atoms with Gasteiger partial charge in [0.05, 0.1) is 16.8 Å². The SMILES string of the molecule is O=C(N/N=C/c1cn(-c2ccccc2)nc1-c1cccs1)c1ccccc1. The first kappa shape index (κ1) is 16.9. The van der Waals surface area contributed by atoms with E-state index in [1.54, 1.807) is 29.7 Å². The zero-order valence-corrected chi connectivity index (χ0v) is 15.1. The predicted octanol–water partition coefficient (Wildman–Crippen LogP) is 4.36. The summed E-state index contributed by atoms with van der Waals surface area (Å²) >= 11 is 1.61. The Kier molecular flexibility index (Phi) is 4.89. The second-order valence-corrected chi connectivity index (χ2v) is 6.70. The molecule has 0 bridgehead atoms. The van der Waals surface area contributed by atoms with Gasteiger partial charge in [-0.15, -0.1) is 11.3 Å². The van der Waals surface area contributed by atoms with Gasteiger partial charge >= 0.3 is 0 Å². The van der Waals surface area contributed by atoms with Crippen LogP contribution in [0.5, 0.6) is 0 Å². The van der Waals surface area contributed by atoms with Crippen LogP contribution in [0.3, 0.4) is 0 Å². The van der Waals surface area contributed by atoms with E-state index >= 15 is 0 Å². The van der Waals surface area contributed by atoms with Gasteiger partial charge in [-0.1, -0.05) is 42.5 Å². The number of para-hydroxylation sites is 1. The molecule has 4 aromatic rings. The summed E-state index contributed by atoms with van der Waals surface area (Å²) < 4.78 is 1.81. The zero-order valence-electron chi connectivity index (χ0n) is 14.3. The largest absolute Gasteiger partial charge is 0.271 e. The number of hydrogen-bond donors (Lipinski definition) is 1. The third-order valence-corrected chi connectivity index (χ3v) is 4.80. The van der Waals surface area contributed by atoms with Crippen LogP contribution in [0.15, 0.2) is 89.5 Å². The van der Waals surface area contributed by atoms with E-state index in [2.05, 4.69) is 10.5 Å². The van der Waals surface area contributed by atoms with E-state index in [4.69, 9.17) is 5.10 Å². The van der Waals surface area contributed by atoms with E-state index < -0.39 is 0 Å². The highest BCUT2D eigenvalue weighted by molar-refractivity contribution is 7.13. The number of nitrogens with one attached hydrogen (secondary N) is 1. The van der Waals surface area contributed by atoms with E-state index in [1.807, 2.05) is 76.9 Å². The molecule has 2 aromatic heterocycles. The lowest BCUT2D eigenvalue weighted by Gasteiger charge is -1.99. The maximum absolute atomic E-state index is 12.1. The lowest BCUT2D eigenvalue weighted by Crippen LogP contribution is -2.17. The summed E-state index contributed by atoms with van der Waals surface area (Å²) in [6.45, 7) is 0. The molecule has 0 atom stereocenters. The van der Waals surface area contributed by atoms with Gasteiger partial charge in [-0.05, 0) is 35.7 Å². The highest BCUT2D eigenvalue weighted by Gasteiger charge is 2.12. The number of rotatable bonds is 5. The topological polar surface area (TPSA) is 59.3 Å². The molecule has 0 aliphatic carbocycles. The Bertz CT molecular complexity index is 1050. The molecule has 2 aromatic carbocycles. The number of benzene rings is 2. The molecule has 0 unspecified atom stereocenters. The molecule has 6 heteroatoms. The summed E-state index contributed by atoms with van der Waals surface area (Å²) in [6, 6.07) is 22.9. The molecule has 0 aliphatic rings. The molecular weight excluding hydrogens is 356 g/mol. The van der Waals surface area contributed by atoms with Crippen LogP contribution < -0.4 is 5.43 Å². The van der Waals surface area contributed by atoms with Gasteiger partial charge in [-0.2, -0.15) is 10.2 Å². The van der Waals surface area contributed by atoms with Crippen LogP contribution in [0.25, 0.3) is 16.3 Å². The maximum Gasteiger partial charge on any atom is 0.271 e. The standard InChI is InChI=1S/C21H16N4OS/c26-21(16-8-3-1-4-9-16)23-22-14-17-15-25(18-10-5-2-6-11-18)24-20(17)19-12-7-13-27-19/h1-15H,(H,23,26)/b22-14+. The van der Waals surface area contributed by atoms with Gasteiger partial charge in [-0.3, -0.25) is 4.79 Å². The van der Waals surface area contributed by atoms with Crippen LogP contribution in [0.1, 0.15) is 15.9 Å². The summed E-state index contributed by atoms with van der Waals surface area (Å²) in [5, 5.41) is 10.8. The Hall–Kier alpha value is -3.51. The summed E-state index contributed by atoms with van der Waals surface area (Å²) in [6.07, 6.45) is 3.53. The number of hydrogen-bond acceptors (Lipinski definition) is 4. The van der Waals surface area contributed by atoms with E-state index in [0.29, 0.717) is 5.56 Å². The monoisotopic (exact) mass is 372 g/mol. The first-order chi connectivity index (χ1) is 13.3. The first-order valence-electron chi connectivity index (χ1n) is 8.39. The van der Waals surface area contributed by atoms with Crippen LogP contribution >= 0.6 is 11.3 Å². The first-order valence-corrected chi connectivity index (χ1v) is 9.26. The number of nitrogens with zero attached hydrogens (tertiary/aromatic N) is 3. The fourth-order valence-electron chi connectivity index (χ4n) is 2.61. The maximum atomic E-state index is 12.1. The normalized spacial score (nSPS) is 11.0. The lowest BCUT2D eigenvalue weighted by molar-refractivity contribution is 0.0955. The van der Waals surface area contributed by atoms with Crippen molar-refractivity contribution in [3.05, 3.63) is 95.5 Å². The van der Waals surface area contributed by atoms with E-state index in [1.165, 1.54) is 0 Å². The van der Waals surface area contributed by atoms with Crippen molar-refractivity contribution in [3.63, 3.8) is 0 Å². The molecule has 0 aliphatic heterocycles. The fourth-order valence-corrected chi connectivity index (χ4v) is 3.35. The molecule has 0 saturated heterocycles. The Morgan fingerprint density at radius 1 is 1.00 bits per heavy atom. The van der Waals surface area contributed by atoms with Gasteiger partial charge < -0.3 is 0 Å². The van der Waals surface area contributed by atoms with Crippen molar-refractivity contribution >= 4 is 23.5 Å². The summed E-state index contributed by atoms with van der Waals surface area (Å²) in [7, 11) is 0. The fraction of sp³-hybridized carbons (Fsp3) is 0. The van der Waals surface area contributed by atoms with Crippen LogP contribution in [-0.4, -0.2) is 21.9 Å². The van der Waals surface area contributed by atoms with Crippen LogP contribution in [0.4, 0.5) is 0 Å². The van der Waals surface area contributed by atoms with Gasteiger partial charge in [0, 0.05) is 17.3 Å². The van der Waals surface area contributed by atoms with Crippen molar-refractivity contribution in [2.75, 3.05) is 0 Å². The summed E-state index contributed by atoms with van der Waals surface area (Å²) in [5.41, 5.74) is 5.74. The van der Waals surface area contributed by atoms with Gasteiger partial charge in [-0.25, -0.2) is 10.1 Å². The predicted molar refractivity (Wildman–Crippen MR) is 108 cm³/mol. The van der Waals surface area contributed by atoms with E-state index in [9.17, 15) is 4.79 Å². The molecule has 5 nitrogen and oxygen atoms in total. The lowest BCUT2D eigenvalue weighted by atomic mass is 10.2. The summed E-state index contributed by atoms with van der Waals surface area (Å²) in [5.74, 6) is -0.250. The van der Waals surface area contributed by atoms with Crippen molar-refractivity contribution in [2.24, 2.45) is 5.10 Å². The number of amides is 1. The minimum Gasteiger partial charge on any atom is -0.267 e. The number of carbonyl (C=O) groups is 1. The van der Waals surface area contributed by atoms with Crippen LogP contribution in [-0.2, 0) is 0 Å². The quantitative estimate of drug-likeness (QED) is 0.418. The molecular formula is C21H16N4OS. The highest BCUT2D eigenvalue weighted by atomic mass is 32.1. The van der Waals surface area contributed by atoms with E-state index in [0.717, 1.165) is 21.8 Å². The molecule has 1 N–H and O–H groups in total. The van der Waals surface area contributed by atoms with Gasteiger partial charge in [0.1, 0.15) is 5.69 Å². The molecule has 27 heavy (non-hydrogen) atoms. The van der Waals surface area contributed by atoms with Crippen molar-refractivity contribution in [1.82, 2.24) is 15.2 Å². The Morgan fingerprint density at radius 2 is 1.74 bits per heavy atom. The average molecular weight is 372 g/mol. The number of carbonyl (C=O) groups excluding carboxylic acids is 1. The van der Waals surface area contributed by atoms with Crippen molar-refractivity contribution in [2.45, 2.75) is 0 Å². The third kappa shape index (κ3) is 3.86. The van der Waals surface area contributed by atoms with Crippen molar-refractivity contribution < 1.29 is 4.79 Å². The number of hydrazone groups is 1. The second kappa shape index (κ2) is 7.80. The molecule has 0 fully saturated rings. The minimum absolute atomic E-state index is 0.250. The second-order valence-electron chi connectivity index (χ2n) is 5.76. The van der Waals surface area contributed by atoms with Crippen LogP contribution in [0.2, 0.25) is 0 Å². The average Bonchev–Trinajstić information content (AvgIpc) is 3.39. The van der Waals surface area contributed by atoms with Gasteiger partial charge in [0.2, 0.25) is 0 Å². The minimum atomic E-state index is -0.250. The van der Waals surface area contributed by atoms with Crippen LogP contribution in [0, 0.1) is 0 Å². The van der Waals surface area contributed by atoms with E-state index in [-0.39, 0.29) is 5.91 Å². The van der Waals surface area contributed by atoms with Crippen molar-refractivity contribution in [1.29, 1.82) is 0 Å². The zero-order chi connectivity index (χ0) is 18.5. The number of thiophene rings is 1. The highest BCUT2D eigenvalue weighted by Crippen LogP contribution is 2.26. The molecule has 132 valence electrons. The molecule has 0 spiro atoms. The third-order valence-electron chi connectivity index (χ3n) is 3.92. The van der Waals surface area contributed by atoms with Gasteiger partial charge in [0.25, 0.3) is 5.91 Å². The smallest absolute Gasteiger partial charge is 0.267 e. The Balaban J connectivity index is 1.61. The molecule has 0 saturated carbocycles. The number of aromatic nitrogens is 2. The summed E-state index contributed by atoms with van der Waals surface area (Å²) in [4.78, 5) is 13.2. The molecule has 1 amide bonds. The Morgan fingerprint density at radius 3 is 2.44 bits per heavy atom. The molecule has 4 rings (SSSR count). The Labute approximate surface area is 160 Å². The van der Waals surface area contributed by atoms with Crippen molar-refractivity contribution in [3.8, 4) is 16.3 Å². The van der Waals surface area contributed by atoms with Gasteiger partial charge in [0.15, 0.2) is 0 Å². The molecule has 2 heterocycles. The molecule has 0 radical (unpaired) electrons.